The predicted octanol–water partition coefficient (Wildman–Crippen LogP) is 5.72. The number of imidazole rings is 1. The molecule has 0 spiro atoms. The normalized spacial score (nSPS) is 13.4. The van der Waals surface area contributed by atoms with E-state index in [4.69, 9.17) is 27.9 Å². The zero-order valence-electron chi connectivity index (χ0n) is 18.7. The van der Waals surface area contributed by atoms with Gasteiger partial charge in [-0.2, -0.15) is 0 Å². The molecule has 182 valence electrons. The first-order chi connectivity index (χ1) is 16.8. The number of ether oxygens (including phenoxy) is 1. The van der Waals surface area contributed by atoms with Gasteiger partial charge in [0.25, 0.3) is 0 Å². The van der Waals surface area contributed by atoms with Gasteiger partial charge in [0.15, 0.2) is 20.0 Å². The zero-order valence-corrected chi connectivity index (χ0v) is 21.8. The molecule has 0 amide bonds. The van der Waals surface area contributed by atoms with E-state index in [1.165, 1.54) is 0 Å². The maximum absolute atomic E-state index is 13.6. The third-order valence-corrected chi connectivity index (χ3v) is 9.54. The Morgan fingerprint density at radius 2 is 1.74 bits per heavy atom. The number of benzene rings is 3. The van der Waals surface area contributed by atoms with Crippen LogP contribution in [0.1, 0.15) is 16.4 Å². The average Bonchev–Trinajstić information content (AvgIpc) is 3.37. The Kier molecular flexibility index (Phi) is 8.09. The van der Waals surface area contributed by atoms with Crippen LogP contribution in [0.4, 0.5) is 0 Å². The molecule has 1 aromatic heterocycles. The molecule has 35 heavy (non-hydrogen) atoms. The van der Waals surface area contributed by atoms with E-state index in [1.807, 2.05) is 4.57 Å². The van der Waals surface area contributed by atoms with Gasteiger partial charge in [-0.05, 0) is 53.1 Å². The van der Waals surface area contributed by atoms with Gasteiger partial charge >= 0.3 is 0 Å². The van der Waals surface area contributed by atoms with Gasteiger partial charge < -0.3 is 13.9 Å². The minimum Gasteiger partial charge on any atom is -0.611 e. The third-order valence-electron chi connectivity index (χ3n) is 5.44. The van der Waals surface area contributed by atoms with E-state index in [9.17, 15) is 13.0 Å². The second kappa shape index (κ2) is 11.1. The molecule has 3 aromatic carbocycles. The van der Waals surface area contributed by atoms with Gasteiger partial charge in [-0.1, -0.05) is 47.5 Å². The fourth-order valence-electron chi connectivity index (χ4n) is 3.56. The molecule has 0 aliphatic rings. The van der Waals surface area contributed by atoms with E-state index in [0.717, 1.165) is 5.56 Å². The molecule has 0 aliphatic heterocycles. The van der Waals surface area contributed by atoms with Gasteiger partial charge in [0.2, 0.25) is 0 Å². The first kappa shape index (κ1) is 25.6. The summed E-state index contributed by atoms with van der Waals surface area (Å²) in [6.07, 6.45) is 5.08. The maximum Gasteiger partial charge on any atom is 0.182 e. The molecule has 4 aromatic rings. The molecule has 10 heteroatoms. The highest BCUT2D eigenvalue weighted by Gasteiger charge is 2.28. The van der Waals surface area contributed by atoms with E-state index in [-0.39, 0.29) is 10.6 Å². The van der Waals surface area contributed by atoms with E-state index in [0.29, 0.717) is 32.8 Å². The van der Waals surface area contributed by atoms with Crippen molar-refractivity contribution < 1.29 is 17.7 Å². The number of rotatable bonds is 9. The maximum atomic E-state index is 13.6. The van der Waals surface area contributed by atoms with Crippen LogP contribution in [0.25, 0.3) is 0 Å². The van der Waals surface area contributed by atoms with Crippen LogP contribution in [0.15, 0.2) is 95.2 Å². The molecule has 2 unspecified atom stereocenters. The topological polar surface area (TPSA) is 84.2 Å². The van der Waals surface area contributed by atoms with Crippen LogP contribution in [-0.2, 0) is 33.3 Å². The van der Waals surface area contributed by atoms with Gasteiger partial charge in [-0.25, -0.2) is 13.4 Å². The molecule has 6 nitrogen and oxygen atoms in total. The number of sulfone groups is 1. The Bertz CT molecular complexity index is 1380. The molecule has 0 radical (unpaired) electrons. The first-order valence-electron chi connectivity index (χ1n) is 10.5. The number of nitrogens with zero attached hydrogens (tertiary/aromatic N) is 2. The van der Waals surface area contributed by atoms with Crippen LogP contribution in [0, 0.1) is 0 Å². The molecule has 0 saturated carbocycles. The molecular weight excluding hydrogens is 527 g/mol. The van der Waals surface area contributed by atoms with E-state index >= 15 is 0 Å². The standard InChI is InChI=1S/C25H22Cl2N2O4S2/c1-33-20-6-2-18(3-7-20)16-35(31,32)22-9-4-19(5-10-22)25(15-29-13-12-28-17-29)34(30)21-8-11-23(26)24(27)14-21/h2-14,17,25H,15-16H2,1H3. The number of hydrogen-bond donors (Lipinski definition) is 0. The van der Waals surface area contributed by atoms with Crippen molar-refractivity contribution in [3.05, 3.63) is 107 Å². The minimum absolute atomic E-state index is 0.135. The van der Waals surface area contributed by atoms with Crippen molar-refractivity contribution >= 4 is 44.2 Å². The Labute approximate surface area is 217 Å². The van der Waals surface area contributed by atoms with Crippen molar-refractivity contribution in [1.29, 1.82) is 0 Å². The monoisotopic (exact) mass is 548 g/mol. The summed E-state index contributed by atoms with van der Waals surface area (Å²) in [5, 5.41) is 0.226. The summed E-state index contributed by atoms with van der Waals surface area (Å²) in [5.74, 6) is 0.527. The fraction of sp³-hybridized carbons (Fsp3) is 0.160. The summed E-state index contributed by atoms with van der Waals surface area (Å²) < 4.78 is 46.5. The summed E-state index contributed by atoms with van der Waals surface area (Å²) in [6, 6.07) is 18.3. The van der Waals surface area contributed by atoms with Gasteiger partial charge in [-0.15, -0.1) is 0 Å². The van der Waals surface area contributed by atoms with E-state index in [1.54, 1.807) is 92.6 Å². The second-order valence-corrected chi connectivity index (χ2v) is 12.2. The molecule has 0 fully saturated rings. The van der Waals surface area contributed by atoms with Crippen LogP contribution in [-0.4, -0.2) is 29.6 Å². The van der Waals surface area contributed by atoms with Crippen molar-refractivity contribution in [3.63, 3.8) is 0 Å². The van der Waals surface area contributed by atoms with Gasteiger partial charge in [0.1, 0.15) is 5.75 Å². The third kappa shape index (κ3) is 6.20. The van der Waals surface area contributed by atoms with Crippen molar-refractivity contribution in [2.24, 2.45) is 0 Å². The highest BCUT2D eigenvalue weighted by Crippen LogP contribution is 2.34. The number of halogens is 2. The Hall–Kier alpha value is -2.49. The van der Waals surface area contributed by atoms with Crippen LogP contribution in [0.3, 0.4) is 0 Å². The highest BCUT2D eigenvalue weighted by molar-refractivity contribution is 7.91. The second-order valence-electron chi connectivity index (χ2n) is 7.80. The predicted molar refractivity (Wildman–Crippen MR) is 138 cm³/mol. The molecule has 0 bridgehead atoms. The lowest BCUT2D eigenvalue weighted by Gasteiger charge is -2.23. The highest BCUT2D eigenvalue weighted by atomic mass is 35.5. The Balaban J connectivity index is 1.60. The largest absolute Gasteiger partial charge is 0.611 e. The minimum atomic E-state index is -3.57. The lowest BCUT2D eigenvalue weighted by atomic mass is 10.1. The van der Waals surface area contributed by atoms with Crippen LogP contribution in [0.5, 0.6) is 5.75 Å². The molecule has 0 saturated heterocycles. The molecular formula is C25H22Cl2N2O4S2. The molecule has 0 aliphatic carbocycles. The van der Waals surface area contributed by atoms with Crippen molar-refractivity contribution in [2.75, 3.05) is 7.11 Å². The molecule has 1 heterocycles. The molecule has 0 N–H and O–H groups in total. The number of hydrogen-bond acceptors (Lipinski definition) is 5. The number of aromatic nitrogens is 2. The quantitative estimate of drug-likeness (QED) is 0.249. The van der Waals surface area contributed by atoms with Gasteiger partial charge in [0.05, 0.1) is 40.7 Å². The van der Waals surface area contributed by atoms with Gasteiger partial charge in [0, 0.05) is 24.0 Å². The Morgan fingerprint density at radius 1 is 1.03 bits per heavy atom. The van der Waals surface area contributed by atoms with Crippen molar-refractivity contribution in [1.82, 2.24) is 9.55 Å². The van der Waals surface area contributed by atoms with Crippen LogP contribution in [0.2, 0.25) is 10.0 Å². The SMILES string of the molecule is COc1ccc(CS(=O)(=O)c2ccc(C(Cn3ccnc3)[S+]([O-])c3ccc(Cl)c(Cl)c3)cc2)cc1. The molecule has 4 rings (SSSR count). The lowest BCUT2D eigenvalue weighted by Crippen LogP contribution is -2.19. The lowest BCUT2D eigenvalue weighted by molar-refractivity contribution is 0.414. The van der Waals surface area contributed by atoms with Crippen molar-refractivity contribution in [2.45, 2.75) is 27.3 Å². The summed E-state index contributed by atoms with van der Waals surface area (Å²) >= 11 is 10.7. The van der Waals surface area contributed by atoms with Crippen LogP contribution >= 0.6 is 23.2 Å². The average molecular weight is 550 g/mol. The van der Waals surface area contributed by atoms with E-state index < -0.39 is 26.3 Å². The zero-order chi connectivity index (χ0) is 25.0. The van der Waals surface area contributed by atoms with E-state index in [2.05, 4.69) is 4.98 Å². The fourth-order valence-corrected chi connectivity index (χ4v) is 6.75. The molecule has 2 atom stereocenters. The van der Waals surface area contributed by atoms with Gasteiger partial charge in [-0.3, -0.25) is 0 Å². The van der Waals surface area contributed by atoms with Crippen molar-refractivity contribution in [3.8, 4) is 5.75 Å². The summed E-state index contributed by atoms with van der Waals surface area (Å²) in [4.78, 5) is 4.78. The summed E-state index contributed by atoms with van der Waals surface area (Å²) in [5.41, 5.74) is 1.39. The van der Waals surface area contributed by atoms with Crippen LogP contribution < -0.4 is 4.74 Å². The first-order valence-corrected chi connectivity index (χ1v) is 14.2. The Morgan fingerprint density at radius 3 is 2.34 bits per heavy atom. The summed E-state index contributed by atoms with van der Waals surface area (Å²) in [6.45, 7) is 0.380. The smallest absolute Gasteiger partial charge is 0.182 e. The summed E-state index contributed by atoms with van der Waals surface area (Å²) in [7, 11) is -2.01. The number of methoxy groups -OCH3 is 1.